The minimum Gasteiger partial charge on any atom is -0.493 e. The maximum atomic E-state index is 13.3. The number of hydrogen-bond donors (Lipinski definition) is 1. The van der Waals surface area contributed by atoms with Crippen molar-refractivity contribution in [2.75, 3.05) is 30.1 Å². The van der Waals surface area contributed by atoms with Crippen molar-refractivity contribution in [2.24, 2.45) is 11.7 Å². The summed E-state index contributed by atoms with van der Waals surface area (Å²) in [6.07, 6.45) is -1.06. The van der Waals surface area contributed by atoms with Gasteiger partial charge >= 0.3 is 5.97 Å². The molecule has 0 spiro atoms. The van der Waals surface area contributed by atoms with Crippen LogP contribution in [0.3, 0.4) is 0 Å². The van der Waals surface area contributed by atoms with Gasteiger partial charge in [-0.2, -0.15) is 0 Å². The van der Waals surface area contributed by atoms with Crippen molar-refractivity contribution in [3.8, 4) is 21.9 Å². The zero-order valence-corrected chi connectivity index (χ0v) is 25.6. The third kappa shape index (κ3) is 7.21. The first kappa shape index (κ1) is 30.8. The Labute approximate surface area is 249 Å². The Morgan fingerprint density at radius 2 is 1.83 bits per heavy atom. The smallest absolute Gasteiger partial charge is 0.323 e. The van der Waals surface area contributed by atoms with E-state index in [2.05, 4.69) is 0 Å². The van der Waals surface area contributed by atoms with Gasteiger partial charge in [-0.15, -0.1) is 11.3 Å². The van der Waals surface area contributed by atoms with Gasteiger partial charge in [-0.3, -0.25) is 9.59 Å². The molecule has 0 aliphatic carbocycles. The van der Waals surface area contributed by atoms with Crippen molar-refractivity contribution in [3.05, 3.63) is 64.0 Å². The fourth-order valence-corrected chi connectivity index (χ4v) is 6.43. The van der Waals surface area contributed by atoms with Crippen molar-refractivity contribution in [1.29, 1.82) is 0 Å². The molecule has 0 saturated carbocycles. The third-order valence-electron chi connectivity index (χ3n) is 6.74. The molecule has 0 unspecified atom stereocenters. The second-order valence-electron chi connectivity index (χ2n) is 10.0. The minimum absolute atomic E-state index is 0.105. The highest BCUT2D eigenvalue weighted by Gasteiger charge is 2.32. The Balaban J connectivity index is 1.48. The molecule has 1 aromatic heterocycles. The van der Waals surface area contributed by atoms with Gasteiger partial charge in [0.1, 0.15) is 18.8 Å². The van der Waals surface area contributed by atoms with E-state index in [1.807, 2.05) is 30.3 Å². The molecule has 1 amide bonds. The molecule has 1 aliphatic rings. The lowest BCUT2D eigenvalue weighted by atomic mass is 10.1. The Kier molecular flexibility index (Phi) is 9.63. The quantitative estimate of drug-likeness (QED) is 0.282. The number of methoxy groups -OCH3 is 1. The number of halogens is 1. The first-order valence-corrected chi connectivity index (χ1v) is 16.1. The van der Waals surface area contributed by atoms with E-state index in [0.29, 0.717) is 33.6 Å². The Morgan fingerprint density at radius 3 is 2.44 bits per heavy atom. The number of anilines is 1. The first-order chi connectivity index (χ1) is 19.4. The van der Waals surface area contributed by atoms with Gasteiger partial charge in [-0.05, 0) is 47.4 Å². The summed E-state index contributed by atoms with van der Waals surface area (Å²) in [6.45, 7) is 5.25. The highest BCUT2D eigenvalue weighted by molar-refractivity contribution is 7.91. The van der Waals surface area contributed by atoms with E-state index in [1.54, 1.807) is 36.9 Å². The van der Waals surface area contributed by atoms with Gasteiger partial charge in [0.2, 0.25) is 0 Å². The van der Waals surface area contributed by atoms with Crippen LogP contribution in [0, 0.1) is 5.92 Å². The zero-order valence-electron chi connectivity index (χ0n) is 23.3. The van der Waals surface area contributed by atoms with E-state index in [0.717, 1.165) is 16.0 Å². The van der Waals surface area contributed by atoms with Crippen LogP contribution in [0.15, 0.2) is 48.5 Å². The lowest BCUT2D eigenvalue weighted by Crippen LogP contribution is -2.42. The highest BCUT2D eigenvalue weighted by Crippen LogP contribution is 2.40. The fraction of sp³-hybridized carbons (Fsp3) is 0.379. The molecular formula is C29H33ClN2O7S2. The molecule has 2 aromatic carbocycles. The van der Waals surface area contributed by atoms with Crippen LogP contribution in [0.1, 0.15) is 36.0 Å². The summed E-state index contributed by atoms with van der Waals surface area (Å²) >= 11 is 7.44. The van der Waals surface area contributed by atoms with Crippen LogP contribution < -0.4 is 20.1 Å². The number of carbonyl (C=O) groups is 2. The van der Waals surface area contributed by atoms with E-state index in [-0.39, 0.29) is 24.2 Å². The van der Waals surface area contributed by atoms with Crippen LogP contribution in [0.25, 0.3) is 10.4 Å². The summed E-state index contributed by atoms with van der Waals surface area (Å²) in [5, 5.41) is 0.652. The predicted octanol–water partition coefficient (Wildman–Crippen LogP) is 4.95. The zero-order chi connectivity index (χ0) is 29.9. The summed E-state index contributed by atoms with van der Waals surface area (Å²) in [5.41, 5.74) is 8.45. The number of rotatable bonds is 12. The highest BCUT2D eigenvalue weighted by atomic mass is 35.5. The number of nitrogens with zero attached hydrogens (tertiary/aromatic N) is 1. The van der Waals surface area contributed by atoms with Crippen LogP contribution in [0.5, 0.6) is 11.5 Å². The molecule has 9 nitrogen and oxygen atoms in total. The lowest BCUT2D eigenvalue weighted by Gasteiger charge is -2.23. The maximum absolute atomic E-state index is 13.3. The van der Waals surface area contributed by atoms with Gasteiger partial charge < -0.3 is 24.8 Å². The predicted molar refractivity (Wildman–Crippen MR) is 161 cm³/mol. The first-order valence-electron chi connectivity index (χ1n) is 13.1. The maximum Gasteiger partial charge on any atom is 0.323 e. The third-order valence-corrected chi connectivity index (χ3v) is 9.97. The molecule has 0 radical (unpaired) electrons. The van der Waals surface area contributed by atoms with E-state index < -0.39 is 33.7 Å². The number of amides is 1. The lowest BCUT2D eigenvalue weighted by molar-refractivity contribution is -0.152. The normalized spacial score (nSPS) is 14.6. The summed E-state index contributed by atoms with van der Waals surface area (Å²) in [5.74, 6) is -0.836. The topological polar surface area (TPSA) is 125 Å². The molecule has 12 heteroatoms. The van der Waals surface area contributed by atoms with Crippen LogP contribution in [0.2, 0.25) is 5.02 Å². The molecule has 0 bridgehead atoms. The molecule has 0 saturated heterocycles. The Hall–Kier alpha value is -3.12. The van der Waals surface area contributed by atoms with Gasteiger partial charge in [0.15, 0.2) is 21.3 Å². The van der Waals surface area contributed by atoms with Gasteiger partial charge in [0.05, 0.1) is 24.3 Å². The molecule has 2 N–H and O–H groups in total. The van der Waals surface area contributed by atoms with Crippen molar-refractivity contribution in [3.63, 3.8) is 0 Å². The van der Waals surface area contributed by atoms with Crippen molar-refractivity contribution >= 4 is 50.3 Å². The molecule has 0 fully saturated rings. The van der Waals surface area contributed by atoms with Crippen LogP contribution >= 0.6 is 22.9 Å². The molecular weight excluding hydrogens is 588 g/mol. The summed E-state index contributed by atoms with van der Waals surface area (Å²) < 4.78 is 41.4. The van der Waals surface area contributed by atoms with E-state index in [1.165, 1.54) is 25.4 Å². The average Bonchev–Trinajstić information content (AvgIpc) is 3.50. The number of carbonyl (C=O) groups excluding carboxylic acids is 2. The summed E-state index contributed by atoms with van der Waals surface area (Å²) in [6, 6.07) is 13.7. The van der Waals surface area contributed by atoms with Gasteiger partial charge in [0, 0.05) is 27.4 Å². The molecule has 2 heterocycles. The van der Waals surface area contributed by atoms with Crippen LogP contribution in [0.4, 0.5) is 5.69 Å². The molecule has 220 valence electrons. The van der Waals surface area contributed by atoms with Crippen molar-refractivity contribution < 1.29 is 32.2 Å². The van der Waals surface area contributed by atoms with Gasteiger partial charge in [-0.25, -0.2) is 8.42 Å². The number of ether oxygens (including phenoxy) is 3. The minimum atomic E-state index is -3.48. The standard InChI is InChI=1S/C29H33ClN2O7S2/c1-5-41(35,36)16-22(39-29(34)26(31)17(2)3)15-38-23-11-10-21(13-24(23)37-4)32-14-19-12-25(40-27(19)28(32)33)18-6-8-20(30)9-7-18/h6-13,17,22,26H,5,14-16,31H2,1-4H3/t22-,26-/m0/s1. The number of benzene rings is 2. The molecule has 4 rings (SSSR count). The van der Waals surface area contributed by atoms with Gasteiger partial charge in [-0.1, -0.05) is 44.5 Å². The van der Waals surface area contributed by atoms with Crippen LogP contribution in [-0.4, -0.2) is 57.7 Å². The van der Waals surface area contributed by atoms with E-state index in [9.17, 15) is 18.0 Å². The summed E-state index contributed by atoms with van der Waals surface area (Å²) in [7, 11) is -2.01. The van der Waals surface area contributed by atoms with Crippen molar-refractivity contribution in [2.45, 2.75) is 39.5 Å². The Bertz CT molecular complexity index is 1520. The fourth-order valence-electron chi connectivity index (χ4n) is 4.22. The number of thiophene rings is 1. The van der Waals surface area contributed by atoms with Crippen molar-refractivity contribution in [1.82, 2.24) is 0 Å². The number of hydrogen-bond acceptors (Lipinski definition) is 9. The molecule has 2 atom stereocenters. The number of esters is 1. The van der Waals surface area contributed by atoms with E-state index >= 15 is 0 Å². The second-order valence-corrected chi connectivity index (χ2v) is 13.9. The number of fused-ring (bicyclic) bond motifs is 1. The van der Waals surface area contributed by atoms with E-state index in [4.69, 9.17) is 31.5 Å². The molecule has 1 aliphatic heterocycles. The largest absolute Gasteiger partial charge is 0.493 e. The average molecular weight is 621 g/mol. The number of nitrogens with two attached hydrogens (primary N) is 1. The Morgan fingerprint density at radius 1 is 1.12 bits per heavy atom. The summed E-state index contributed by atoms with van der Waals surface area (Å²) in [4.78, 5) is 29.1. The van der Waals surface area contributed by atoms with Crippen LogP contribution in [-0.2, 0) is 25.9 Å². The monoisotopic (exact) mass is 620 g/mol. The molecule has 41 heavy (non-hydrogen) atoms. The number of sulfone groups is 1. The SMILES string of the molecule is CCS(=O)(=O)C[C@H](COc1ccc(N2Cc3cc(-c4ccc(Cl)cc4)sc3C2=O)cc1OC)OC(=O)[C@@H](N)C(C)C. The van der Waals surface area contributed by atoms with Gasteiger partial charge in [0.25, 0.3) is 5.91 Å². The second kappa shape index (κ2) is 12.8. The molecule has 3 aromatic rings.